The number of amides is 4. The predicted molar refractivity (Wildman–Crippen MR) is 287 cm³/mol. The molecule has 0 heterocycles. The van der Waals surface area contributed by atoms with Gasteiger partial charge in [0.05, 0.1) is 43.2 Å². The first-order valence-corrected chi connectivity index (χ1v) is 27.2. The molecule has 5 unspecified atom stereocenters. The average molecular weight is 1090 g/mol. The summed E-state index contributed by atoms with van der Waals surface area (Å²) in [7, 11) is 4.73. The van der Waals surface area contributed by atoms with E-state index in [0.29, 0.717) is 25.8 Å². The summed E-state index contributed by atoms with van der Waals surface area (Å²) in [6.45, 7) is 25.7. The van der Waals surface area contributed by atoms with Crippen LogP contribution in [-0.4, -0.2) is 172 Å². The Balaban J connectivity index is 2.02. The molecule has 21 heteroatoms. The Morgan fingerprint density at radius 2 is 1.43 bits per heavy atom. The minimum absolute atomic E-state index is 0.0795. The van der Waals surface area contributed by atoms with Gasteiger partial charge in [-0.25, -0.2) is 9.59 Å². The first-order valence-electron chi connectivity index (χ1n) is 26.7. The number of aliphatic hydroxyl groups excluding tert-OH is 4. The van der Waals surface area contributed by atoms with E-state index in [4.69, 9.17) is 23.7 Å². The number of aliphatic hydroxyl groups is 5. The molecule has 0 aromatic rings. The van der Waals surface area contributed by atoms with Crippen LogP contribution < -0.4 is 26.6 Å². The fraction of sp³-hybridized carbons (Fsp3) is 0.852. The van der Waals surface area contributed by atoms with Crippen molar-refractivity contribution in [2.45, 2.75) is 220 Å². The number of ether oxygens (including phenoxy) is 5. The van der Waals surface area contributed by atoms with E-state index in [1.54, 1.807) is 55.4 Å². The van der Waals surface area contributed by atoms with Gasteiger partial charge >= 0.3 is 12.2 Å². The third kappa shape index (κ3) is 22.5. The molecule has 0 radical (unpaired) electrons. The van der Waals surface area contributed by atoms with Crippen LogP contribution in [0.2, 0.25) is 0 Å². The number of carbonyl (C=O) groups excluding carboxylic acids is 5. The zero-order valence-corrected chi connectivity index (χ0v) is 48.6. The Bertz CT molecular complexity index is 1940. The van der Waals surface area contributed by atoms with E-state index in [-0.39, 0.29) is 98.4 Å². The van der Waals surface area contributed by atoms with Crippen LogP contribution in [-0.2, 0) is 38.1 Å². The summed E-state index contributed by atoms with van der Waals surface area (Å²) < 4.78 is 29.3. The number of alkyl carbamates (subject to hydrolysis) is 2. The predicted octanol–water partition coefficient (Wildman–Crippen LogP) is 4.08. The summed E-state index contributed by atoms with van der Waals surface area (Å²) >= 11 is 0. The molecule has 10 N–H and O–H groups in total. The fourth-order valence-electron chi connectivity index (χ4n) is 10.2. The second-order valence-corrected chi connectivity index (χ2v) is 26.3. The van der Waals surface area contributed by atoms with E-state index in [1.165, 1.54) is 7.11 Å². The lowest BCUT2D eigenvalue weighted by Gasteiger charge is -2.50. The molecule has 4 amide bonds. The molecule has 0 aliphatic heterocycles. The van der Waals surface area contributed by atoms with Gasteiger partial charge in [0.2, 0.25) is 11.8 Å². The third-order valence-electron chi connectivity index (χ3n) is 13.7. The molecule has 3 rings (SSSR count). The van der Waals surface area contributed by atoms with Crippen LogP contribution in [0.5, 0.6) is 0 Å². The first-order chi connectivity index (χ1) is 34.4. The van der Waals surface area contributed by atoms with E-state index in [0.717, 1.165) is 5.57 Å². The fourth-order valence-corrected chi connectivity index (χ4v) is 10.3. The van der Waals surface area contributed by atoms with Crippen LogP contribution in [0.4, 0.5) is 9.59 Å². The molecule has 0 bridgehead atoms. The lowest BCUT2D eigenvalue weighted by molar-refractivity contribution is -0.213. The minimum atomic E-state index is -1.65. The highest BCUT2D eigenvalue weighted by Gasteiger charge is 2.53. The molecule has 0 aromatic carbocycles. The SMILES string of the molecule is COC(=P)[C@@H](O)CNCC1=CC[C@@H](NC(=O)CC(C)(C)C)[C@@H](COC[C@@H]2C(NC(=O)OC(C)(C)C)CC(NC(=O)[C@@H](O)CCNC(=O)OC(C)(C)C)[C@H](OC3CC[C@](C)(O)[C@H](C(C)C(=O)CC(C)(C)C)C3O)[C@H]2O)C1. The molecule has 0 aromatic heterocycles. The van der Waals surface area contributed by atoms with Crippen molar-refractivity contribution in [3.05, 3.63) is 11.6 Å². The van der Waals surface area contributed by atoms with Crippen molar-refractivity contribution < 1.29 is 73.2 Å². The van der Waals surface area contributed by atoms with Crippen LogP contribution in [0.3, 0.4) is 0 Å². The lowest BCUT2D eigenvalue weighted by atomic mass is 9.65. The highest BCUT2D eigenvalue weighted by molar-refractivity contribution is 7.20. The Hall–Kier alpha value is -3.30. The number of hydrogen-bond acceptors (Lipinski definition) is 16. The largest absolute Gasteiger partial charge is 0.444 e. The van der Waals surface area contributed by atoms with Gasteiger partial charge in [-0.15, -0.1) is 0 Å². The maximum absolute atomic E-state index is 13.9. The molecule has 0 spiro atoms. The van der Waals surface area contributed by atoms with Gasteiger partial charge in [0.1, 0.15) is 40.8 Å². The number of carbonyl (C=O) groups is 5. The zero-order valence-electron chi connectivity index (χ0n) is 47.6. The van der Waals surface area contributed by atoms with Gasteiger partial charge in [0, 0.05) is 75.3 Å². The van der Waals surface area contributed by atoms with Crippen LogP contribution in [0.15, 0.2) is 11.6 Å². The van der Waals surface area contributed by atoms with Crippen molar-refractivity contribution >= 4 is 44.1 Å². The van der Waals surface area contributed by atoms with Gasteiger partial charge in [-0.2, -0.15) is 0 Å². The van der Waals surface area contributed by atoms with Crippen LogP contribution in [0, 0.1) is 34.5 Å². The Morgan fingerprint density at radius 1 is 0.813 bits per heavy atom. The van der Waals surface area contributed by atoms with E-state index in [1.807, 2.05) is 41.5 Å². The second kappa shape index (κ2) is 28.0. The van der Waals surface area contributed by atoms with Gasteiger partial charge in [-0.1, -0.05) is 69.0 Å². The van der Waals surface area contributed by atoms with E-state index >= 15 is 0 Å². The van der Waals surface area contributed by atoms with Gasteiger partial charge in [0.25, 0.3) is 0 Å². The Labute approximate surface area is 448 Å². The number of hydrogen-bond donors (Lipinski definition) is 10. The molecule has 2 fully saturated rings. The second-order valence-electron chi connectivity index (χ2n) is 25.8. The molecule has 75 heavy (non-hydrogen) atoms. The van der Waals surface area contributed by atoms with Gasteiger partial charge in [0.15, 0.2) is 0 Å². The van der Waals surface area contributed by atoms with Crippen molar-refractivity contribution in [2.24, 2.45) is 34.5 Å². The number of ketones is 1. The normalized spacial score (nSPS) is 28.9. The number of rotatable bonds is 23. The maximum Gasteiger partial charge on any atom is 0.407 e. The zero-order chi connectivity index (χ0) is 57.0. The molecule has 3 aliphatic carbocycles. The van der Waals surface area contributed by atoms with Crippen molar-refractivity contribution in [1.82, 2.24) is 26.6 Å². The van der Waals surface area contributed by atoms with Gasteiger partial charge in [-0.05, 0) is 97.8 Å². The molecule has 20 nitrogen and oxygen atoms in total. The highest BCUT2D eigenvalue weighted by atomic mass is 31.0. The maximum atomic E-state index is 13.9. The van der Waals surface area contributed by atoms with Gasteiger partial charge < -0.3 is 75.8 Å². The summed E-state index contributed by atoms with van der Waals surface area (Å²) in [5, 5.41) is 72.7. The summed E-state index contributed by atoms with van der Waals surface area (Å²) in [6.07, 6.45) is -5.82. The van der Waals surface area contributed by atoms with Crippen LogP contribution in [0.1, 0.15) is 148 Å². The summed E-state index contributed by atoms with van der Waals surface area (Å²) in [6, 6.07) is -2.37. The topological polar surface area (TPSA) is 293 Å². The van der Waals surface area contributed by atoms with Crippen molar-refractivity contribution in [1.29, 1.82) is 0 Å². The lowest BCUT2D eigenvalue weighted by Crippen LogP contribution is -2.66. The van der Waals surface area contributed by atoms with Crippen molar-refractivity contribution in [3.8, 4) is 0 Å². The number of Topliss-reactive ketones (excluding diaryl/α,β-unsaturated/α-hetero) is 1. The first kappa shape index (κ1) is 66.0. The Morgan fingerprint density at radius 3 is 2.01 bits per heavy atom. The number of nitrogens with one attached hydrogen (secondary N) is 5. The average Bonchev–Trinajstić information content (AvgIpc) is 3.24. The molecule has 432 valence electrons. The summed E-state index contributed by atoms with van der Waals surface area (Å²) in [5.41, 5.74) is -2.47. The van der Waals surface area contributed by atoms with Crippen LogP contribution in [0.25, 0.3) is 0 Å². The standard InChI is InChI=1S/C54H96N5O15P/c1-30(38(61)24-50(2,3)4)42-44(65)40(18-20-54(42,14)69)72-45-36(58-46(66)37(60)19-21-56-48(67)73-52(8,9)10)23-35(59-49(68)74-53(11,12)13)33(43(45)64)29-71-28-32-22-31(26-55-27-39(62)47(75)70-15)16-17-34(32)57-41(63)25-51(5,6)7/h16,30,32-37,39-40,42-45,55,60,62,64-65,69,75H,17-29H2,1-15H3,(H,56,67)(H,57,63)(H,58,66)(H,59,68)/t30?,32-,33-,34-,35?,36?,37+,39+,40?,42-,43+,44?,45+,54+/m1/s1. The highest BCUT2D eigenvalue weighted by Crippen LogP contribution is 2.43. The van der Waals surface area contributed by atoms with Crippen molar-refractivity contribution in [3.63, 3.8) is 0 Å². The molecule has 3 aliphatic rings. The quantitative estimate of drug-likeness (QED) is 0.0510. The third-order valence-corrected chi connectivity index (χ3v) is 14.3. The minimum Gasteiger partial charge on any atom is -0.444 e. The molecular weight excluding hydrogens is 990 g/mol. The van der Waals surface area contributed by atoms with E-state index in [9.17, 15) is 49.5 Å². The summed E-state index contributed by atoms with van der Waals surface area (Å²) in [4.78, 5) is 66.8. The van der Waals surface area contributed by atoms with Gasteiger partial charge in [-0.3, -0.25) is 14.4 Å². The Kier molecular flexibility index (Phi) is 24.7. The van der Waals surface area contributed by atoms with E-state index < -0.39 is 101 Å². The number of methoxy groups -OCH3 is 1. The molecular formula is C54H96N5O15P. The molecule has 14 atom stereocenters. The molecule has 0 saturated heterocycles. The monoisotopic (exact) mass is 1090 g/mol. The summed E-state index contributed by atoms with van der Waals surface area (Å²) in [5.74, 6) is -4.04. The molecule has 2 saturated carbocycles. The van der Waals surface area contributed by atoms with E-state index in [2.05, 4.69) is 41.5 Å². The van der Waals surface area contributed by atoms with Crippen molar-refractivity contribution in [2.75, 3.05) is 40.0 Å². The van der Waals surface area contributed by atoms with Crippen LogP contribution >= 0.6 is 8.86 Å². The smallest absolute Gasteiger partial charge is 0.407 e.